The second-order valence-corrected chi connectivity index (χ2v) is 6.07. The minimum atomic E-state index is -1.16. The normalized spacial score (nSPS) is 11.9. The second-order valence-electron chi connectivity index (χ2n) is 4.61. The van der Waals surface area contributed by atoms with Crippen molar-refractivity contribution < 1.29 is 13.7 Å². The molecule has 0 N–H and O–H groups in total. The number of ether oxygens (including phenoxy) is 1. The lowest BCUT2D eigenvalue weighted by atomic mass is 10.1. The molecule has 21 heavy (non-hydrogen) atoms. The largest absolute Gasteiger partial charge is 0.494 e. The van der Waals surface area contributed by atoms with Gasteiger partial charge < -0.3 is 4.74 Å². The number of carbonyl (C=O) groups is 1. The van der Waals surface area contributed by atoms with Gasteiger partial charge in [0.05, 0.1) is 23.2 Å². The average molecular weight is 302 g/mol. The Hall–Kier alpha value is -1.94. The van der Waals surface area contributed by atoms with Crippen molar-refractivity contribution >= 4 is 16.6 Å². The molecule has 0 aromatic heterocycles. The lowest BCUT2D eigenvalue weighted by molar-refractivity contribution is 0.101. The van der Waals surface area contributed by atoms with Gasteiger partial charge in [0, 0.05) is 16.0 Å². The molecule has 2 aromatic rings. The molecule has 4 heteroatoms. The molecule has 0 aliphatic rings. The standard InChI is InChI=1S/C17H18O3S/c1-3-20-17-10-9-14(13(2)18)11-15(17)12-21(19)16-7-5-4-6-8-16/h4-11H,3,12H2,1-2H3. The van der Waals surface area contributed by atoms with Gasteiger partial charge in [0.2, 0.25) is 0 Å². The van der Waals surface area contributed by atoms with E-state index in [1.54, 1.807) is 18.2 Å². The maximum Gasteiger partial charge on any atom is 0.159 e. The van der Waals surface area contributed by atoms with Crippen molar-refractivity contribution in [3.8, 4) is 5.75 Å². The van der Waals surface area contributed by atoms with Gasteiger partial charge in [-0.05, 0) is 44.2 Å². The molecule has 2 rings (SSSR count). The van der Waals surface area contributed by atoms with E-state index < -0.39 is 10.8 Å². The first-order chi connectivity index (χ1) is 10.1. The number of benzene rings is 2. The Morgan fingerprint density at radius 2 is 1.86 bits per heavy atom. The van der Waals surface area contributed by atoms with E-state index >= 15 is 0 Å². The summed E-state index contributed by atoms with van der Waals surface area (Å²) in [5.41, 5.74) is 1.41. The average Bonchev–Trinajstić information content (AvgIpc) is 2.50. The summed E-state index contributed by atoms with van der Waals surface area (Å²) < 4.78 is 18.0. The van der Waals surface area contributed by atoms with E-state index in [1.807, 2.05) is 37.3 Å². The molecule has 0 aliphatic heterocycles. The van der Waals surface area contributed by atoms with E-state index in [0.717, 1.165) is 10.5 Å². The number of Topliss-reactive ketones (excluding diaryl/α,β-unsaturated/α-hetero) is 1. The second kappa shape index (κ2) is 7.18. The molecule has 2 aromatic carbocycles. The lowest BCUT2D eigenvalue weighted by Crippen LogP contribution is -2.03. The lowest BCUT2D eigenvalue weighted by Gasteiger charge is -2.11. The zero-order chi connectivity index (χ0) is 15.2. The van der Waals surface area contributed by atoms with Crippen molar-refractivity contribution in [2.24, 2.45) is 0 Å². The Bertz CT molecular complexity index is 650. The van der Waals surface area contributed by atoms with E-state index in [0.29, 0.717) is 23.7 Å². The molecule has 0 spiro atoms. The quantitative estimate of drug-likeness (QED) is 0.766. The SMILES string of the molecule is CCOc1ccc(C(C)=O)cc1CS(=O)c1ccccc1. The van der Waals surface area contributed by atoms with Gasteiger partial charge in [0.15, 0.2) is 5.78 Å². The van der Waals surface area contributed by atoms with E-state index in [1.165, 1.54) is 6.92 Å². The van der Waals surface area contributed by atoms with E-state index in [2.05, 4.69) is 0 Å². The molecule has 110 valence electrons. The van der Waals surface area contributed by atoms with Gasteiger partial charge in [-0.3, -0.25) is 9.00 Å². The fraction of sp³-hybridized carbons (Fsp3) is 0.235. The van der Waals surface area contributed by atoms with Crippen LogP contribution in [0.3, 0.4) is 0 Å². The summed E-state index contributed by atoms with van der Waals surface area (Å²) >= 11 is 0. The van der Waals surface area contributed by atoms with Crippen LogP contribution in [-0.2, 0) is 16.6 Å². The van der Waals surface area contributed by atoms with Crippen molar-refractivity contribution in [1.29, 1.82) is 0 Å². The van der Waals surface area contributed by atoms with Crippen molar-refractivity contribution in [3.63, 3.8) is 0 Å². The molecule has 1 unspecified atom stereocenters. The minimum absolute atomic E-state index is 0.00945. The van der Waals surface area contributed by atoms with Gasteiger partial charge in [0.1, 0.15) is 5.75 Å². The van der Waals surface area contributed by atoms with Crippen molar-refractivity contribution in [2.45, 2.75) is 24.5 Å². The van der Waals surface area contributed by atoms with E-state index in [-0.39, 0.29) is 5.78 Å². The molecule has 3 nitrogen and oxygen atoms in total. The molecule has 0 saturated carbocycles. The molecular weight excluding hydrogens is 284 g/mol. The van der Waals surface area contributed by atoms with Crippen LogP contribution in [0.1, 0.15) is 29.8 Å². The predicted molar refractivity (Wildman–Crippen MR) is 84.2 cm³/mol. The van der Waals surface area contributed by atoms with E-state index in [4.69, 9.17) is 4.74 Å². The van der Waals surface area contributed by atoms with Gasteiger partial charge in [0.25, 0.3) is 0 Å². The van der Waals surface area contributed by atoms with Crippen LogP contribution >= 0.6 is 0 Å². The maximum absolute atomic E-state index is 12.4. The Balaban J connectivity index is 2.30. The maximum atomic E-state index is 12.4. The summed E-state index contributed by atoms with van der Waals surface area (Å²) in [6.07, 6.45) is 0. The summed E-state index contributed by atoms with van der Waals surface area (Å²) in [4.78, 5) is 12.3. The van der Waals surface area contributed by atoms with Crippen LogP contribution in [0.2, 0.25) is 0 Å². The molecule has 0 heterocycles. The van der Waals surface area contributed by atoms with Gasteiger partial charge in [-0.25, -0.2) is 0 Å². The highest BCUT2D eigenvalue weighted by atomic mass is 32.2. The third-order valence-corrected chi connectivity index (χ3v) is 4.43. The highest BCUT2D eigenvalue weighted by Gasteiger charge is 2.12. The molecule has 1 atom stereocenters. The molecule has 0 aliphatic carbocycles. The van der Waals surface area contributed by atoms with Gasteiger partial charge in [-0.1, -0.05) is 18.2 Å². The fourth-order valence-corrected chi connectivity index (χ4v) is 3.14. The van der Waals surface area contributed by atoms with Crippen LogP contribution in [0.15, 0.2) is 53.4 Å². The topological polar surface area (TPSA) is 43.4 Å². The summed E-state index contributed by atoms with van der Waals surface area (Å²) in [5.74, 6) is 1.01. The zero-order valence-corrected chi connectivity index (χ0v) is 13.0. The monoisotopic (exact) mass is 302 g/mol. The molecule has 0 bridgehead atoms. The molecular formula is C17H18O3S. The van der Waals surface area contributed by atoms with Crippen LogP contribution in [0.5, 0.6) is 5.75 Å². The third kappa shape index (κ3) is 4.02. The summed E-state index contributed by atoms with van der Waals surface area (Å²) in [5, 5.41) is 0. The predicted octanol–water partition coefficient (Wildman–Crippen LogP) is 3.60. The van der Waals surface area contributed by atoms with Crippen molar-refractivity contribution in [3.05, 3.63) is 59.7 Å². The molecule has 0 amide bonds. The highest BCUT2D eigenvalue weighted by molar-refractivity contribution is 7.84. The fourth-order valence-electron chi connectivity index (χ4n) is 2.00. The van der Waals surface area contributed by atoms with Crippen molar-refractivity contribution in [2.75, 3.05) is 6.61 Å². The van der Waals surface area contributed by atoms with Gasteiger partial charge >= 0.3 is 0 Å². The molecule has 0 saturated heterocycles. The Labute approximate surface area is 127 Å². The summed E-state index contributed by atoms with van der Waals surface area (Å²) in [6.45, 7) is 3.95. The van der Waals surface area contributed by atoms with Crippen LogP contribution in [0.25, 0.3) is 0 Å². The third-order valence-electron chi connectivity index (χ3n) is 3.06. The summed E-state index contributed by atoms with van der Waals surface area (Å²) in [6, 6.07) is 14.6. The van der Waals surface area contributed by atoms with Crippen LogP contribution < -0.4 is 4.74 Å². The molecule has 0 radical (unpaired) electrons. The van der Waals surface area contributed by atoms with E-state index in [9.17, 15) is 9.00 Å². The van der Waals surface area contributed by atoms with Crippen LogP contribution in [0.4, 0.5) is 0 Å². The van der Waals surface area contributed by atoms with Crippen LogP contribution in [-0.4, -0.2) is 16.6 Å². The molecule has 0 fully saturated rings. The Kier molecular flexibility index (Phi) is 5.28. The minimum Gasteiger partial charge on any atom is -0.494 e. The smallest absolute Gasteiger partial charge is 0.159 e. The number of rotatable bonds is 6. The first kappa shape index (κ1) is 15.4. The number of carbonyl (C=O) groups excluding carboxylic acids is 1. The first-order valence-corrected chi connectivity index (χ1v) is 8.13. The highest BCUT2D eigenvalue weighted by Crippen LogP contribution is 2.24. The number of hydrogen-bond donors (Lipinski definition) is 0. The Morgan fingerprint density at radius 1 is 1.14 bits per heavy atom. The van der Waals surface area contributed by atoms with Crippen LogP contribution in [0, 0.1) is 0 Å². The number of ketones is 1. The van der Waals surface area contributed by atoms with Gasteiger partial charge in [-0.2, -0.15) is 0 Å². The first-order valence-electron chi connectivity index (χ1n) is 6.82. The summed E-state index contributed by atoms with van der Waals surface area (Å²) in [7, 11) is -1.16. The van der Waals surface area contributed by atoms with Gasteiger partial charge in [-0.15, -0.1) is 0 Å². The zero-order valence-electron chi connectivity index (χ0n) is 12.2. The number of hydrogen-bond acceptors (Lipinski definition) is 3. The van der Waals surface area contributed by atoms with Crippen molar-refractivity contribution in [1.82, 2.24) is 0 Å². The Morgan fingerprint density at radius 3 is 2.48 bits per heavy atom.